The van der Waals surface area contributed by atoms with Crippen molar-refractivity contribution in [3.05, 3.63) is 102 Å². The summed E-state index contributed by atoms with van der Waals surface area (Å²) < 4.78 is 14.8. The van der Waals surface area contributed by atoms with Crippen LogP contribution in [0.2, 0.25) is 5.15 Å². The quantitative estimate of drug-likeness (QED) is 0.0726. The average Bonchev–Trinajstić information content (AvgIpc) is 4.22. The summed E-state index contributed by atoms with van der Waals surface area (Å²) in [6.07, 6.45) is 14.0. The van der Waals surface area contributed by atoms with Crippen molar-refractivity contribution in [3.8, 4) is 33.8 Å². The molecule has 63 heavy (non-hydrogen) atoms. The number of nitrogens with two attached hydrogens (primary N) is 1. The number of nitrogens with one attached hydrogen (secondary N) is 5. The summed E-state index contributed by atoms with van der Waals surface area (Å²) in [5, 5.41) is 23.2. The molecule has 2 saturated carbocycles. The summed E-state index contributed by atoms with van der Waals surface area (Å²) in [6.45, 7) is 0. The van der Waals surface area contributed by atoms with Gasteiger partial charge >= 0.3 is 0 Å². The van der Waals surface area contributed by atoms with Crippen LogP contribution in [0.1, 0.15) is 46.4 Å². The Bertz CT molecular complexity index is 2620. The number of aromatic nitrogens is 6. The number of primary amides is 1. The van der Waals surface area contributed by atoms with Gasteiger partial charge in [-0.1, -0.05) is 35.9 Å². The molecule has 0 spiro atoms. The predicted octanol–water partition coefficient (Wildman–Crippen LogP) is 6.07. The van der Waals surface area contributed by atoms with E-state index in [4.69, 9.17) is 26.8 Å². The predicted molar refractivity (Wildman–Crippen MR) is 240 cm³/mol. The monoisotopic (exact) mass is 876 g/mol. The van der Waals surface area contributed by atoms with Gasteiger partial charge in [0.05, 0.1) is 60.5 Å². The van der Waals surface area contributed by atoms with Crippen molar-refractivity contribution in [1.29, 1.82) is 0 Å². The van der Waals surface area contributed by atoms with Gasteiger partial charge in [0.25, 0.3) is 11.8 Å². The molecule has 0 atom stereocenters. The summed E-state index contributed by atoms with van der Waals surface area (Å²) in [5.74, 6) is 1.18. The number of nitrogens with zero attached hydrogens (tertiary/aromatic N) is 6. The van der Waals surface area contributed by atoms with E-state index in [0.717, 1.165) is 47.9 Å². The molecular formula is C44H49ClN12O6. The second kappa shape index (κ2) is 20.4. The zero-order valence-corrected chi connectivity index (χ0v) is 36.4. The zero-order chi connectivity index (χ0) is 45.2. The number of aryl methyl sites for hydroxylation is 2. The molecule has 0 saturated heterocycles. The van der Waals surface area contributed by atoms with E-state index in [1.165, 1.54) is 12.4 Å². The average molecular weight is 877 g/mol. The van der Waals surface area contributed by atoms with Crippen molar-refractivity contribution in [2.24, 2.45) is 31.7 Å². The third-order valence-corrected chi connectivity index (χ3v) is 10.1. The lowest BCUT2D eigenvalue weighted by Crippen LogP contribution is -2.20. The standard InChI is InChI=1S/C22H24N6O3.C18H18ClN5O2.C4H7NO/c1-23-22(30)16-11-24-19(27-21(29)13-7-8-13)9-18(16)26-17-6-4-5-15(20(17)31-3)14-10-25-28(2)12-14;1-20-18(25)13-9-21-16(19)7-15(13)23-14-6-4-5-12(17(14)26-3)11-8-22-24(2)10-11;5-4(6)3-1-2-3/h4-6,9-13H,7-8H2,1-3H3,(H,23,30)(H2,24,26,27,29);4-10H,1-3H3,(H,20,25)(H,21,23);3H,1-2H2,(H2,5,6). The highest BCUT2D eigenvalue weighted by Crippen LogP contribution is 2.40. The van der Waals surface area contributed by atoms with Crippen molar-refractivity contribution in [2.45, 2.75) is 25.7 Å². The van der Waals surface area contributed by atoms with Crippen LogP contribution in [0, 0.1) is 11.8 Å². The van der Waals surface area contributed by atoms with Crippen LogP contribution in [0.15, 0.2) is 85.7 Å². The minimum Gasteiger partial charge on any atom is -0.494 e. The highest BCUT2D eigenvalue weighted by atomic mass is 35.5. The highest BCUT2D eigenvalue weighted by Gasteiger charge is 2.30. The number of carbonyl (C=O) groups is 4. The topological polar surface area (TPSA) is 234 Å². The molecule has 4 aromatic heterocycles. The van der Waals surface area contributed by atoms with Crippen LogP contribution in [-0.2, 0) is 23.7 Å². The molecule has 328 valence electrons. The Morgan fingerprint density at radius 3 is 1.56 bits per heavy atom. The van der Waals surface area contributed by atoms with Crippen LogP contribution in [0.3, 0.4) is 0 Å². The minimum atomic E-state index is -0.294. The Hall–Kier alpha value is -7.47. The molecule has 4 heterocycles. The SMILES string of the molecule is CNC(=O)c1cnc(Cl)cc1Nc1cccc(-c2cnn(C)c2)c1OC.CNC(=O)c1cnc(NC(=O)C2CC2)cc1Nc1cccc(-c2cnn(C)c2)c1OC.NC(=O)C1CC1. The molecule has 4 amide bonds. The molecule has 0 bridgehead atoms. The van der Waals surface area contributed by atoms with Crippen LogP contribution >= 0.6 is 11.6 Å². The van der Waals surface area contributed by atoms with Gasteiger partial charge in [-0.2, -0.15) is 10.2 Å². The molecule has 2 aromatic carbocycles. The van der Waals surface area contributed by atoms with Gasteiger partial charge in [-0.05, 0) is 43.9 Å². The van der Waals surface area contributed by atoms with Crippen LogP contribution < -0.4 is 41.8 Å². The van der Waals surface area contributed by atoms with Crippen molar-refractivity contribution in [1.82, 2.24) is 40.2 Å². The first-order chi connectivity index (χ1) is 30.3. The van der Waals surface area contributed by atoms with Crippen molar-refractivity contribution < 1.29 is 28.7 Å². The Morgan fingerprint density at radius 2 is 1.16 bits per heavy atom. The highest BCUT2D eigenvalue weighted by molar-refractivity contribution is 6.29. The number of carbonyl (C=O) groups excluding carboxylic acids is 4. The van der Waals surface area contributed by atoms with Crippen molar-refractivity contribution in [2.75, 3.05) is 44.3 Å². The molecule has 19 heteroatoms. The zero-order valence-electron chi connectivity index (χ0n) is 35.7. The number of rotatable bonds is 13. The van der Waals surface area contributed by atoms with Crippen LogP contribution in [0.25, 0.3) is 22.3 Å². The summed E-state index contributed by atoms with van der Waals surface area (Å²) in [7, 11) is 10.0. The fourth-order valence-electron chi connectivity index (χ4n) is 6.31. The second-order valence-corrected chi connectivity index (χ2v) is 15.0. The Morgan fingerprint density at radius 1 is 0.683 bits per heavy atom. The first-order valence-electron chi connectivity index (χ1n) is 19.9. The molecule has 0 aliphatic heterocycles. The molecule has 6 aromatic rings. The number of hydrogen-bond donors (Lipinski definition) is 6. The lowest BCUT2D eigenvalue weighted by molar-refractivity contribution is -0.119. The van der Waals surface area contributed by atoms with Gasteiger partial charge in [0, 0.05) is 93.1 Å². The lowest BCUT2D eigenvalue weighted by Gasteiger charge is -2.17. The first-order valence-corrected chi connectivity index (χ1v) is 20.3. The van der Waals surface area contributed by atoms with E-state index in [2.05, 4.69) is 46.7 Å². The molecule has 0 unspecified atom stereocenters. The number of benzene rings is 2. The van der Waals surface area contributed by atoms with E-state index >= 15 is 0 Å². The van der Waals surface area contributed by atoms with Gasteiger partial charge in [-0.25, -0.2) is 9.97 Å². The van der Waals surface area contributed by atoms with E-state index < -0.39 is 0 Å². The number of hydrogen-bond acceptors (Lipinski definition) is 12. The van der Waals surface area contributed by atoms with E-state index in [1.54, 1.807) is 62.2 Å². The maximum atomic E-state index is 12.4. The molecule has 2 aliphatic carbocycles. The summed E-state index contributed by atoms with van der Waals surface area (Å²) in [5.41, 5.74) is 11.6. The van der Waals surface area contributed by atoms with E-state index in [9.17, 15) is 19.2 Å². The normalized spacial score (nSPS) is 12.6. The third-order valence-electron chi connectivity index (χ3n) is 9.91. The summed E-state index contributed by atoms with van der Waals surface area (Å²) in [4.78, 5) is 54.9. The van der Waals surface area contributed by atoms with Crippen molar-refractivity contribution in [3.63, 3.8) is 0 Å². The van der Waals surface area contributed by atoms with Crippen LogP contribution in [0.5, 0.6) is 11.5 Å². The Labute approximate surface area is 368 Å². The molecule has 2 aliphatic rings. The number of pyridine rings is 2. The molecule has 8 rings (SSSR count). The largest absolute Gasteiger partial charge is 0.494 e. The van der Waals surface area contributed by atoms with Crippen LogP contribution in [-0.4, -0.2) is 81.5 Å². The van der Waals surface area contributed by atoms with E-state index in [-0.39, 0.29) is 40.6 Å². The summed E-state index contributed by atoms with van der Waals surface area (Å²) in [6, 6.07) is 14.6. The summed E-state index contributed by atoms with van der Waals surface area (Å²) >= 11 is 6.01. The fourth-order valence-corrected chi connectivity index (χ4v) is 6.47. The minimum absolute atomic E-state index is 0.0492. The fraction of sp³-hybridized carbons (Fsp3) is 0.273. The van der Waals surface area contributed by atoms with Gasteiger partial charge in [0.1, 0.15) is 22.5 Å². The van der Waals surface area contributed by atoms with Gasteiger partial charge in [-0.15, -0.1) is 0 Å². The van der Waals surface area contributed by atoms with Gasteiger partial charge in [0.15, 0.2) is 0 Å². The third kappa shape index (κ3) is 11.5. The second-order valence-electron chi connectivity index (χ2n) is 14.6. The number of methoxy groups -OCH3 is 2. The maximum absolute atomic E-state index is 12.4. The number of para-hydroxylation sites is 2. The van der Waals surface area contributed by atoms with Gasteiger partial charge < -0.3 is 41.8 Å². The van der Waals surface area contributed by atoms with Crippen molar-refractivity contribution >= 4 is 63.8 Å². The number of anilines is 5. The first kappa shape index (κ1) is 45.1. The molecule has 2 fully saturated rings. The Balaban J connectivity index is 0.000000187. The Kier molecular flexibility index (Phi) is 14.6. The molecule has 0 radical (unpaired) electrons. The van der Waals surface area contributed by atoms with Gasteiger partial charge in [0.2, 0.25) is 11.8 Å². The number of halogens is 1. The van der Waals surface area contributed by atoms with E-state index in [0.29, 0.717) is 51.2 Å². The smallest absolute Gasteiger partial charge is 0.254 e. The van der Waals surface area contributed by atoms with E-state index in [1.807, 2.05) is 62.9 Å². The van der Waals surface area contributed by atoms with Gasteiger partial charge in [-0.3, -0.25) is 28.5 Å². The molecule has 7 N–H and O–H groups in total. The number of ether oxygens (including phenoxy) is 2. The lowest BCUT2D eigenvalue weighted by atomic mass is 10.1. The maximum Gasteiger partial charge on any atom is 0.254 e. The molecular weight excluding hydrogens is 828 g/mol. The number of amides is 4. The molecule has 18 nitrogen and oxygen atoms in total. The van der Waals surface area contributed by atoms with Crippen LogP contribution in [0.4, 0.5) is 28.6 Å².